The molecule has 3 rings (SSSR count). The van der Waals surface area contributed by atoms with E-state index in [1.165, 1.54) is 19.2 Å². The molecule has 3 aromatic rings. The van der Waals surface area contributed by atoms with Crippen LogP contribution in [0.4, 0.5) is 5.69 Å². The summed E-state index contributed by atoms with van der Waals surface area (Å²) in [4.78, 5) is 23.3. The quantitative estimate of drug-likeness (QED) is 0.706. The first kappa shape index (κ1) is 16.9. The number of methoxy groups -OCH3 is 1. The second kappa shape index (κ2) is 7.27. The minimum absolute atomic E-state index is 0.235. The molecule has 1 aromatic heterocycles. The Morgan fingerprint density at radius 2 is 1.88 bits per heavy atom. The summed E-state index contributed by atoms with van der Waals surface area (Å²) in [5, 5.41) is 3.96. The van der Waals surface area contributed by atoms with Crippen molar-refractivity contribution in [1.82, 2.24) is 0 Å². The van der Waals surface area contributed by atoms with Crippen molar-refractivity contribution < 1.29 is 18.7 Å². The summed E-state index contributed by atoms with van der Waals surface area (Å²) in [6.07, 6.45) is 0. The molecule has 0 spiro atoms. The van der Waals surface area contributed by atoms with Crippen LogP contribution in [-0.4, -0.2) is 19.6 Å². The van der Waals surface area contributed by atoms with Crippen LogP contribution in [0.5, 0.6) is 11.5 Å². The van der Waals surface area contributed by atoms with Gasteiger partial charge in [0.1, 0.15) is 5.58 Å². The SMILES string of the molecule is COc1cc2ccc(=O)oc2cc1OCC(=O)Nc1ccc(Cl)cc1. The zero-order valence-corrected chi connectivity index (χ0v) is 14.0. The highest BCUT2D eigenvalue weighted by atomic mass is 35.5. The van der Waals surface area contributed by atoms with E-state index < -0.39 is 5.63 Å². The predicted octanol–water partition coefficient (Wildman–Crippen LogP) is 3.47. The third-order valence-corrected chi connectivity index (χ3v) is 3.64. The molecule has 25 heavy (non-hydrogen) atoms. The number of nitrogens with one attached hydrogen (secondary N) is 1. The van der Waals surface area contributed by atoms with Gasteiger partial charge < -0.3 is 19.2 Å². The van der Waals surface area contributed by atoms with Crippen molar-refractivity contribution in [2.45, 2.75) is 0 Å². The molecule has 0 bridgehead atoms. The zero-order valence-electron chi connectivity index (χ0n) is 13.2. The van der Waals surface area contributed by atoms with Crippen LogP contribution in [0.25, 0.3) is 11.0 Å². The van der Waals surface area contributed by atoms with Crippen LogP contribution in [0.3, 0.4) is 0 Å². The minimum Gasteiger partial charge on any atom is -0.493 e. The Hall–Kier alpha value is -2.99. The second-order valence-corrected chi connectivity index (χ2v) is 5.58. The molecule has 1 N–H and O–H groups in total. The van der Waals surface area contributed by atoms with Crippen LogP contribution in [0.15, 0.2) is 57.7 Å². The second-order valence-electron chi connectivity index (χ2n) is 5.14. The van der Waals surface area contributed by atoms with Gasteiger partial charge in [0.25, 0.3) is 5.91 Å². The number of hydrogen-bond acceptors (Lipinski definition) is 5. The van der Waals surface area contributed by atoms with E-state index in [2.05, 4.69) is 5.32 Å². The fourth-order valence-corrected chi connectivity index (χ4v) is 2.35. The molecule has 0 atom stereocenters. The number of rotatable bonds is 5. The first-order valence-corrected chi connectivity index (χ1v) is 7.73. The van der Waals surface area contributed by atoms with Gasteiger partial charge in [-0.15, -0.1) is 0 Å². The van der Waals surface area contributed by atoms with Crippen molar-refractivity contribution in [3.8, 4) is 11.5 Å². The van der Waals surface area contributed by atoms with Gasteiger partial charge in [0.05, 0.1) is 7.11 Å². The number of fused-ring (bicyclic) bond motifs is 1. The molecule has 0 unspecified atom stereocenters. The van der Waals surface area contributed by atoms with Gasteiger partial charge in [0, 0.05) is 28.2 Å². The van der Waals surface area contributed by atoms with Crippen molar-refractivity contribution in [2.75, 3.05) is 19.0 Å². The third-order valence-electron chi connectivity index (χ3n) is 3.39. The smallest absolute Gasteiger partial charge is 0.336 e. The number of carbonyl (C=O) groups is 1. The topological polar surface area (TPSA) is 77.8 Å². The van der Waals surface area contributed by atoms with Crippen LogP contribution in [0.2, 0.25) is 5.02 Å². The molecule has 1 heterocycles. The highest BCUT2D eigenvalue weighted by molar-refractivity contribution is 6.30. The molecule has 7 heteroatoms. The van der Waals surface area contributed by atoms with E-state index in [1.54, 1.807) is 36.4 Å². The number of hydrogen-bond donors (Lipinski definition) is 1. The maximum atomic E-state index is 12.0. The Bertz CT molecular complexity index is 965. The van der Waals surface area contributed by atoms with E-state index in [0.29, 0.717) is 33.2 Å². The molecule has 0 radical (unpaired) electrons. The van der Waals surface area contributed by atoms with Crippen molar-refractivity contribution in [3.63, 3.8) is 0 Å². The lowest BCUT2D eigenvalue weighted by Gasteiger charge is -2.11. The van der Waals surface area contributed by atoms with Gasteiger partial charge in [-0.2, -0.15) is 0 Å². The maximum Gasteiger partial charge on any atom is 0.336 e. The van der Waals surface area contributed by atoms with Gasteiger partial charge in [0.15, 0.2) is 18.1 Å². The van der Waals surface area contributed by atoms with E-state index in [9.17, 15) is 9.59 Å². The van der Waals surface area contributed by atoms with Crippen molar-refractivity contribution in [1.29, 1.82) is 0 Å². The van der Waals surface area contributed by atoms with E-state index in [1.807, 2.05) is 0 Å². The molecule has 0 aliphatic rings. The van der Waals surface area contributed by atoms with E-state index >= 15 is 0 Å². The summed E-state index contributed by atoms with van der Waals surface area (Å²) >= 11 is 5.80. The van der Waals surface area contributed by atoms with Gasteiger partial charge in [-0.1, -0.05) is 11.6 Å². The van der Waals surface area contributed by atoms with Crippen molar-refractivity contribution >= 4 is 34.2 Å². The minimum atomic E-state index is -0.468. The molecule has 0 aliphatic carbocycles. The summed E-state index contributed by atoms with van der Waals surface area (Å²) in [5.74, 6) is 0.384. The van der Waals surface area contributed by atoms with E-state index in [-0.39, 0.29) is 12.5 Å². The molecule has 0 aliphatic heterocycles. The molecule has 1 amide bonds. The molecule has 6 nitrogen and oxygen atoms in total. The van der Waals surface area contributed by atoms with E-state index in [4.69, 9.17) is 25.5 Å². The van der Waals surface area contributed by atoms with Gasteiger partial charge in [-0.25, -0.2) is 4.79 Å². The lowest BCUT2D eigenvalue weighted by atomic mass is 10.2. The van der Waals surface area contributed by atoms with Crippen LogP contribution in [0, 0.1) is 0 Å². The highest BCUT2D eigenvalue weighted by Gasteiger charge is 2.11. The van der Waals surface area contributed by atoms with Crippen LogP contribution in [-0.2, 0) is 4.79 Å². The highest BCUT2D eigenvalue weighted by Crippen LogP contribution is 2.31. The van der Waals surface area contributed by atoms with Gasteiger partial charge in [-0.05, 0) is 36.4 Å². The number of amides is 1. The molecule has 128 valence electrons. The predicted molar refractivity (Wildman–Crippen MR) is 94.6 cm³/mol. The van der Waals surface area contributed by atoms with Crippen molar-refractivity contribution in [2.24, 2.45) is 0 Å². The lowest BCUT2D eigenvalue weighted by Crippen LogP contribution is -2.20. The van der Waals surface area contributed by atoms with E-state index in [0.717, 1.165) is 0 Å². The molecular formula is C18H14ClNO5. The lowest BCUT2D eigenvalue weighted by molar-refractivity contribution is -0.118. The standard InChI is InChI=1S/C18H14ClNO5/c1-23-15-8-11-2-7-18(22)25-14(11)9-16(15)24-10-17(21)20-13-5-3-12(19)4-6-13/h2-9H,10H2,1H3,(H,20,21). The Labute approximate surface area is 147 Å². The maximum absolute atomic E-state index is 12.0. The average molecular weight is 360 g/mol. The summed E-state index contributed by atoms with van der Waals surface area (Å²) in [7, 11) is 1.49. The van der Waals surface area contributed by atoms with Crippen LogP contribution >= 0.6 is 11.6 Å². The summed E-state index contributed by atoms with van der Waals surface area (Å²) in [5.41, 5.74) is 0.486. The Morgan fingerprint density at radius 1 is 1.12 bits per heavy atom. The molecule has 0 fully saturated rings. The monoisotopic (exact) mass is 359 g/mol. The van der Waals surface area contributed by atoms with Crippen LogP contribution < -0.4 is 20.4 Å². The number of halogens is 1. The normalized spacial score (nSPS) is 10.5. The summed E-state index contributed by atoms with van der Waals surface area (Å²) in [6, 6.07) is 12.9. The third kappa shape index (κ3) is 4.10. The zero-order chi connectivity index (χ0) is 17.8. The average Bonchev–Trinajstić information content (AvgIpc) is 2.61. The summed E-state index contributed by atoms with van der Waals surface area (Å²) in [6.45, 7) is -0.235. The van der Waals surface area contributed by atoms with Crippen LogP contribution in [0.1, 0.15) is 0 Å². The van der Waals surface area contributed by atoms with Gasteiger partial charge in [0.2, 0.25) is 0 Å². The number of ether oxygens (including phenoxy) is 2. The fourth-order valence-electron chi connectivity index (χ4n) is 2.22. The Morgan fingerprint density at radius 3 is 2.60 bits per heavy atom. The van der Waals surface area contributed by atoms with Gasteiger partial charge >= 0.3 is 5.63 Å². The number of benzene rings is 2. The number of carbonyl (C=O) groups excluding carboxylic acids is 1. The van der Waals surface area contributed by atoms with Gasteiger partial charge in [-0.3, -0.25) is 4.79 Å². The molecule has 2 aromatic carbocycles. The molecule has 0 saturated heterocycles. The fraction of sp³-hybridized carbons (Fsp3) is 0.111. The molecular weight excluding hydrogens is 346 g/mol. The first-order valence-electron chi connectivity index (χ1n) is 7.35. The van der Waals surface area contributed by atoms with Crippen molar-refractivity contribution in [3.05, 3.63) is 64.0 Å². The Kier molecular flexibility index (Phi) is 4.90. The largest absolute Gasteiger partial charge is 0.493 e. The summed E-state index contributed by atoms with van der Waals surface area (Å²) < 4.78 is 15.9. The number of anilines is 1. The first-order chi connectivity index (χ1) is 12.0. The molecule has 0 saturated carbocycles. The Balaban J connectivity index is 1.74.